The molecule has 0 aromatic heterocycles. The van der Waals surface area contributed by atoms with Gasteiger partial charge in [-0.1, -0.05) is 18.9 Å². The minimum absolute atomic E-state index is 0.125. The molecule has 1 saturated carbocycles. The van der Waals surface area contributed by atoms with Crippen LogP contribution in [0.1, 0.15) is 38.7 Å². The molecule has 4 heteroatoms. The van der Waals surface area contributed by atoms with Crippen molar-refractivity contribution in [2.45, 2.75) is 44.8 Å². The average Bonchev–Trinajstić information content (AvgIpc) is 3.10. The number of hydrogen-bond acceptors (Lipinski definition) is 2. The van der Waals surface area contributed by atoms with E-state index in [4.69, 9.17) is 0 Å². The third kappa shape index (κ3) is 3.98. The molecule has 0 bridgehead atoms. The summed E-state index contributed by atoms with van der Waals surface area (Å²) in [6.07, 6.45) is 3.66. The summed E-state index contributed by atoms with van der Waals surface area (Å²) in [5, 5.41) is 13.6. The fourth-order valence-electron chi connectivity index (χ4n) is 2.33. The van der Waals surface area contributed by atoms with Gasteiger partial charge in [0, 0.05) is 24.2 Å². The molecule has 0 spiro atoms. The van der Waals surface area contributed by atoms with E-state index < -0.39 is 17.2 Å². The number of hydrogen-bond donors (Lipinski definition) is 2. The predicted octanol–water partition coefficient (Wildman–Crippen LogP) is 2.95. The molecule has 0 heterocycles. The van der Waals surface area contributed by atoms with Gasteiger partial charge in [0.2, 0.25) is 0 Å². The normalized spacial score (nSPS) is 20.1. The maximum absolute atomic E-state index is 13.7. The minimum atomic E-state index is -1.34. The standard InChI is InChI=1S/C15H21F2NO/c1-10(7-11-3-4-11)18-9-15(2,19)13-6-5-12(16)8-14(13)17/h5-6,8,10-11,18-19H,3-4,7,9H2,1-2H3. The van der Waals surface area contributed by atoms with Gasteiger partial charge in [-0.25, -0.2) is 8.78 Å². The smallest absolute Gasteiger partial charge is 0.132 e. The second-order valence-corrected chi connectivity index (χ2v) is 5.86. The Bertz CT molecular complexity index is 444. The molecule has 2 rings (SSSR count). The lowest BCUT2D eigenvalue weighted by molar-refractivity contribution is 0.0501. The first-order chi connectivity index (χ1) is 8.88. The minimum Gasteiger partial charge on any atom is -0.384 e. The number of nitrogens with one attached hydrogen (secondary N) is 1. The van der Waals surface area contributed by atoms with E-state index in [0.29, 0.717) is 6.04 Å². The van der Waals surface area contributed by atoms with E-state index in [2.05, 4.69) is 12.2 Å². The summed E-state index contributed by atoms with van der Waals surface area (Å²) >= 11 is 0. The van der Waals surface area contributed by atoms with E-state index in [1.54, 1.807) is 6.92 Å². The van der Waals surface area contributed by atoms with Crippen molar-refractivity contribution >= 4 is 0 Å². The van der Waals surface area contributed by atoms with Gasteiger partial charge in [-0.2, -0.15) is 0 Å². The summed E-state index contributed by atoms with van der Waals surface area (Å²) < 4.78 is 26.5. The molecule has 0 amide bonds. The van der Waals surface area contributed by atoms with Crippen LogP contribution in [-0.2, 0) is 5.60 Å². The van der Waals surface area contributed by atoms with Crippen molar-refractivity contribution in [3.05, 3.63) is 35.4 Å². The Morgan fingerprint density at radius 2 is 2.11 bits per heavy atom. The zero-order chi connectivity index (χ0) is 14.0. The zero-order valence-electron chi connectivity index (χ0n) is 11.4. The van der Waals surface area contributed by atoms with Gasteiger partial charge in [0.25, 0.3) is 0 Å². The molecule has 2 atom stereocenters. The summed E-state index contributed by atoms with van der Waals surface area (Å²) in [4.78, 5) is 0. The molecule has 0 aliphatic heterocycles. The molecule has 106 valence electrons. The first-order valence-electron chi connectivity index (χ1n) is 6.80. The molecule has 2 unspecified atom stereocenters. The van der Waals surface area contributed by atoms with Crippen LogP contribution < -0.4 is 5.32 Å². The van der Waals surface area contributed by atoms with E-state index in [1.165, 1.54) is 25.0 Å². The maximum atomic E-state index is 13.7. The highest BCUT2D eigenvalue weighted by Gasteiger charge is 2.28. The second kappa shape index (κ2) is 5.55. The van der Waals surface area contributed by atoms with E-state index in [1.807, 2.05) is 0 Å². The maximum Gasteiger partial charge on any atom is 0.132 e. The van der Waals surface area contributed by atoms with Gasteiger partial charge in [0.1, 0.15) is 17.2 Å². The molecule has 19 heavy (non-hydrogen) atoms. The summed E-state index contributed by atoms with van der Waals surface area (Å²) in [6, 6.07) is 3.57. The molecule has 1 aromatic carbocycles. The van der Waals surface area contributed by atoms with E-state index >= 15 is 0 Å². The molecule has 1 aliphatic rings. The van der Waals surface area contributed by atoms with Crippen LogP contribution in [0.3, 0.4) is 0 Å². The monoisotopic (exact) mass is 269 g/mol. The van der Waals surface area contributed by atoms with Crippen LogP contribution in [0.5, 0.6) is 0 Å². The highest BCUT2D eigenvalue weighted by molar-refractivity contribution is 5.24. The van der Waals surface area contributed by atoms with Gasteiger partial charge >= 0.3 is 0 Å². The molecule has 0 saturated heterocycles. The van der Waals surface area contributed by atoms with Crippen LogP contribution >= 0.6 is 0 Å². The third-order valence-corrected chi connectivity index (χ3v) is 3.69. The lowest BCUT2D eigenvalue weighted by atomic mass is 9.95. The fraction of sp³-hybridized carbons (Fsp3) is 0.600. The SMILES string of the molecule is CC(CC1CC1)NCC(C)(O)c1ccc(F)cc1F. The van der Waals surface area contributed by atoms with Crippen LogP contribution in [0, 0.1) is 17.6 Å². The Hall–Kier alpha value is -1.00. The van der Waals surface area contributed by atoms with Crippen molar-refractivity contribution in [1.82, 2.24) is 5.32 Å². The Morgan fingerprint density at radius 1 is 1.42 bits per heavy atom. The molecule has 0 radical (unpaired) electrons. The first-order valence-corrected chi connectivity index (χ1v) is 6.80. The number of rotatable bonds is 6. The lowest BCUT2D eigenvalue weighted by Crippen LogP contribution is -2.40. The molecular formula is C15H21F2NO. The Balaban J connectivity index is 1.95. The summed E-state index contributed by atoms with van der Waals surface area (Å²) in [6.45, 7) is 3.86. The van der Waals surface area contributed by atoms with Gasteiger partial charge in [-0.15, -0.1) is 0 Å². The Labute approximate surface area is 112 Å². The molecular weight excluding hydrogens is 248 g/mol. The van der Waals surface area contributed by atoms with Crippen molar-refractivity contribution in [3.63, 3.8) is 0 Å². The van der Waals surface area contributed by atoms with Crippen LogP contribution in [-0.4, -0.2) is 17.7 Å². The van der Waals surface area contributed by atoms with E-state index in [9.17, 15) is 13.9 Å². The van der Waals surface area contributed by atoms with Gasteiger partial charge in [0.15, 0.2) is 0 Å². The van der Waals surface area contributed by atoms with Crippen molar-refractivity contribution < 1.29 is 13.9 Å². The molecule has 2 N–H and O–H groups in total. The van der Waals surface area contributed by atoms with Gasteiger partial charge in [-0.05, 0) is 32.3 Å². The first kappa shape index (κ1) is 14.4. The summed E-state index contributed by atoms with van der Waals surface area (Å²) in [5.74, 6) is -0.538. The molecule has 1 aliphatic carbocycles. The van der Waals surface area contributed by atoms with Gasteiger partial charge < -0.3 is 10.4 Å². The Morgan fingerprint density at radius 3 is 2.68 bits per heavy atom. The Kier molecular flexibility index (Phi) is 4.21. The van der Waals surface area contributed by atoms with Crippen LogP contribution in [0.4, 0.5) is 8.78 Å². The van der Waals surface area contributed by atoms with Crippen molar-refractivity contribution in [3.8, 4) is 0 Å². The third-order valence-electron chi connectivity index (χ3n) is 3.69. The average molecular weight is 269 g/mol. The van der Waals surface area contributed by atoms with E-state index in [0.717, 1.165) is 18.4 Å². The number of benzene rings is 1. The zero-order valence-corrected chi connectivity index (χ0v) is 11.4. The summed E-state index contributed by atoms with van der Waals surface area (Å²) in [7, 11) is 0. The molecule has 1 fully saturated rings. The second-order valence-electron chi connectivity index (χ2n) is 5.86. The molecule has 2 nitrogen and oxygen atoms in total. The molecule has 1 aromatic rings. The lowest BCUT2D eigenvalue weighted by Gasteiger charge is -2.27. The largest absolute Gasteiger partial charge is 0.384 e. The predicted molar refractivity (Wildman–Crippen MR) is 70.7 cm³/mol. The van der Waals surface area contributed by atoms with Crippen molar-refractivity contribution in [2.24, 2.45) is 5.92 Å². The highest BCUT2D eigenvalue weighted by atomic mass is 19.1. The number of aliphatic hydroxyl groups is 1. The topological polar surface area (TPSA) is 32.3 Å². The van der Waals surface area contributed by atoms with Crippen molar-refractivity contribution in [1.29, 1.82) is 0 Å². The van der Waals surface area contributed by atoms with Gasteiger partial charge in [-0.3, -0.25) is 0 Å². The highest BCUT2D eigenvalue weighted by Crippen LogP contribution is 2.33. The number of halogens is 2. The quantitative estimate of drug-likeness (QED) is 0.832. The van der Waals surface area contributed by atoms with Crippen LogP contribution in [0.25, 0.3) is 0 Å². The summed E-state index contributed by atoms with van der Waals surface area (Å²) in [5.41, 5.74) is -1.21. The van der Waals surface area contributed by atoms with E-state index in [-0.39, 0.29) is 12.1 Å². The van der Waals surface area contributed by atoms with Crippen LogP contribution in [0.2, 0.25) is 0 Å². The van der Waals surface area contributed by atoms with Gasteiger partial charge in [0.05, 0.1) is 0 Å². The van der Waals surface area contributed by atoms with Crippen molar-refractivity contribution in [2.75, 3.05) is 6.54 Å². The van der Waals surface area contributed by atoms with Crippen LogP contribution in [0.15, 0.2) is 18.2 Å². The fourth-order valence-corrected chi connectivity index (χ4v) is 2.33.